The zero-order chi connectivity index (χ0) is 14.2. The van der Waals surface area contributed by atoms with E-state index in [4.69, 9.17) is 5.73 Å². The molecule has 21 heavy (non-hydrogen) atoms. The van der Waals surface area contributed by atoms with Gasteiger partial charge >= 0.3 is 0 Å². The van der Waals surface area contributed by atoms with Crippen LogP contribution in [0.1, 0.15) is 0 Å². The van der Waals surface area contributed by atoms with E-state index in [1.807, 2.05) is 42.5 Å². The van der Waals surface area contributed by atoms with E-state index in [9.17, 15) is 0 Å². The van der Waals surface area contributed by atoms with E-state index in [0.717, 1.165) is 38.5 Å². The molecule has 0 unspecified atom stereocenters. The number of nitrogens with zero attached hydrogens (tertiary/aromatic N) is 1. The van der Waals surface area contributed by atoms with Crippen molar-refractivity contribution in [1.29, 1.82) is 0 Å². The molecule has 3 N–H and O–H groups in total. The Labute approximate surface area is 126 Å². The Morgan fingerprint density at radius 3 is 2.52 bits per heavy atom. The van der Waals surface area contributed by atoms with E-state index in [1.165, 1.54) is 0 Å². The van der Waals surface area contributed by atoms with Gasteiger partial charge in [0.15, 0.2) is 0 Å². The summed E-state index contributed by atoms with van der Waals surface area (Å²) in [5.41, 5.74) is 11.4. The number of H-pyrrole nitrogens is 1. The maximum absolute atomic E-state index is 6.19. The monoisotopic (exact) mass is 291 g/mol. The molecule has 2 heterocycles. The number of nitrogen functional groups attached to an aromatic ring is 1. The Morgan fingerprint density at radius 1 is 0.952 bits per heavy atom. The fourth-order valence-corrected chi connectivity index (χ4v) is 3.34. The number of hydrogen-bond acceptors (Lipinski definition) is 3. The summed E-state index contributed by atoms with van der Waals surface area (Å²) in [6.07, 6.45) is 0. The molecule has 0 aliphatic carbocycles. The molecule has 0 fully saturated rings. The largest absolute Gasteiger partial charge is 0.390 e. The molecule has 2 aromatic heterocycles. The first-order chi connectivity index (χ1) is 10.3. The number of nitrogens with one attached hydrogen (secondary N) is 1. The smallest absolute Gasteiger partial charge is 0.142 e. The maximum atomic E-state index is 6.19. The van der Waals surface area contributed by atoms with Crippen LogP contribution in [0.5, 0.6) is 0 Å². The van der Waals surface area contributed by atoms with Gasteiger partial charge in [0.1, 0.15) is 5.82 Å². The number of benzene rings is 2. The van der Waals surface area contributed by atoms with Crippen LogP contribution in [-0.2, 0) is 0 Å². The highest BCUT2D eigenvalue weighted by Gasteiger charge is 2.16. The van der Waals surface area contributed by atoms with Gasteiger partial charge in [-0.3, -0.25) is 0 Å². The Hall–Kier alpha value is -2.59. The van der Waals surface area contributed by atoms with Gasteiger partial charge in [0.2, 0.25) is 0 Å². The summed E-state index contributed by atoms with van der Waals surface area (Å²) in [5, 5.41) is 2.88. The van der Waals surface area contributed by atoms with Crippen LogP contribution in [0.3, 0.4) is 0 Å². The van der Waals surface area contributed by atoms with E-state index in [1.54, 1.807) is 11.3 Å². The molecule has 0 atom stereocenters. The van der Waals surface area contributed by atoms with Crippen LogP contribution in [0.15, 0.2) is 60.0 Å². The van der Waals surface area contributed by atoms with Gasteiger partial charge in [-0.25, -0.2) is 4.98 Å². The number of nitrogens with two attached hydrogens (primary N) is 1. The number of thiophene rings is 1. The summed E-state index contributed by atoms with van der Waals surface area (Å²) in [4.78, 5) is 8.04. The molecule has 0 amide bonds. The van der Waals surface area contributed by atoms with E-state index in [0.29, 0.717) is 0 Å². The topological polar surface area (TPSA) is 54.7 Å². The molecule has 0 saturated heterocycles. The van der Waals surface area contributed by atoms with E-state index in [-0.39, 0.29) is 0 Å². The fraction of sp³-hybridized carbons (Fsp3) is 0. The number of aromatic nitrogens is 2. The number of fused-ring (bicyclic) bond motifs is 1. The van der Waals surface area contributed by atoms with Gasteiger partial charge in [-0.1, -0.05) is 42.5 Å². The third kappa shape index (κ3) is 2.00. The first-order valence-corrected chi connectivity index (χ1v) is 7.58. The molecular formula is C17H13N3S. The second kappa shape index (κ2) is 4.75. The van der Waals surface area contributed by atoms with Crippen LogP contribution in [0.4, 0.5) is 5.00 Å². The molecule has 0 saturated carbocycles. The minimum atomic E-state index is 0.785. The number of anilines is 1. The van der Waals surface area contributed by atoms with Gasteiger partial charge in [0.05, 0.1) is 21.6 Å². The van der Waals surface area contributed by atoms with Crippen molar-refractivity contribution in [1.82, 2.24) is 9.97 Å². The highest BCUT2D eigenvalue weighted by Crippen LogP contribution is 2.40. The Kier molecular flexibility index (Phi) is 2.75. The van der Waals surface area contributed by atoms with E-state index >= 15 is 0 Å². The summed E-state index contributed by atoms with van der Waals surface area (Å²) in [6.45, 7) is 0. The van der Waals surface area contributed by atoms with Crippen molar-refractivity contribution in [3.63, 3.8) is 0 Å². The van der Waals surface area contributed by atoms with Crippen LogP contribution in [0.25, 0.3) is 33.5 Å². The molecular weight excluding hydrogens is 278 g/mol. The fourth-order valence-electron chi connectivity index (χ4n) is 2.52. The average molecular weight is 291 g/mol. The Balaban J connectivity index is 1.94. The van der Waals surface area contributed by atoms with Crippen molar-refractivity contribution in [3.8, 4) is 22.5 Å². The van der Waals surface area contributed by atoms with Crippen LogP contribution in [0.2, 0.25) is 0 Å². The zero-order valence-electron chi connectivity index (χ0n) is 11.2. The summed E-state index contributed by atoms with van der Waals surface area (Å²) < 4.78 is 0. The van der Waals surface area contributed by atoms with Crippen molar-refractivity contribution in [2.24, 2.45) is 0 Å². The summed E-state index contributed by atoms with van der Waals surface area (Å²) >= 11 is 1.55. The van der Waals surface area contributed by atoms with Crippen molar-refractivity contribution in [2.75, 3.05) is 5.73 Å². The van der Waals surface area contributed by atoms with E-state index in [2.05, 4.69) is 27.5 Å². The highest BCUT2D eigenvalue weighted by molar-refractivity contribution is 7.15. The number of imidazole rings is 1. The Morgan fingerprint density at radius 2 is 1.71 bits per heavy atom. The van der Waals surface area contributed by atoms with Crippen molar-refractivity contribution < 1.29 is 0 Å². The Bertz CT molecular complexity index is 873. The molecule has 4 rings (SSSR count). The lowest BCUT2D eigenvalue weighted by atomic mass is 10.0. The lowest BCUT2D eigenvalue weighted by molar-refractivity contribution is 1.35. The summed E-state index contributed by atoms with van der Waals surface area (Å²) in [7, 11) is 0. The first kappa shape index (κ1) is 12.2. The minimum absolute atomic E-state index is 0.785. The second-order valence-corrected chi connectivity index (χ2v) is 5.77. The molecule has 0 bridgehead atoms. The summed E-state index contributed by atoms with van der Waals surface area (Å²) in [6, 6.07) is 18.3. The molecule has 0 aliphatic rings. The van der Waals surface area contributed by atoms with Crippen molar-refractivity contribution >= 4 is 27.4 Å². The third-order valence-corrected chi connectivity index (χ3v) is 4.34. The third-order valence-electron chi connectivity index (χ3n) is 3.53. The molecule has 0 aliphatic heterocycles. The predicted octanol–water partition coefficient (Wildman–Crippen LogP) is 4.54. The lowest BCUT2D eigenvalue weighted by Gasteiger charge is -2.03. The van der Waals surface area contributed by atoms with Gasteiger partial charge in [-0.2, -0.15) is 0 Å². The maximum Gasteiger partial charge on any atom is 0.142 e. The number of rotatable bonds is 2. The number of para-hydroxylation sites is 2. The van der Waals surface area contributed by atoms with Crippen LogP contribution in [0, 0.1) is 0 Å². The van der Waals surface area contributed by atoms with Gasteiger partial charge in [-0.15, -0.1) is 11.3 Å². The highest BCUT2D eigenvalue weighted by atomic mass is 32.1. The molecule has 0 spiro atoms. The predicted molar refractivity (Wildman–Crippen MR) is 89.3 cm³/mol. The standard InChI is InChI=1S/C17H13N3S/c18-16-15(12(10-21-16)11-6-2-1-3-7-11)17-19-13-8-4-5-9-14(13)20-17/h1-10H,18H2,(H,19,20). The molecule has 4 heteroatoms. The molecule has 4 aromatic rings. The van der Waals surface area contributed by atoms with Crippen molar-refractivity contribution in [3.05, 3.63) is 60.0 Å². The number of hydrogen-bond donors (Lipinski definition) is 2. The average Bonchev–Trinajstić information content (AvgIpc) is 3.11. The first-order valence-electron chi connectivity index (χ1n) is 6.70. The van der Waals surface area contributed by atoms with Crippen molar-refractivity contribution in [2.45, 2.75) is 0 Å². The van der Waals surface area contributed by atoms with Gasteiger partial charge in [-0.05, 0) is 17.7 Å². The zero-order valence-corrected chi connectivity index (χ0v) is 12.0. The molecule has 2 aromatic carbocycles. The SMILES string of the molecule is Nc1scc(-c2ccccc2)c1-c1nc2ccccc2[nH]1. The second-order valence-electron chi connectivity index (χ2n) is 4.86. The van der Waals surface area contributed by atoms with Crippen LogP contribution in [-0.4, -0.2) is 9.97 Å². The van der Waals surface area contributed by atoms with Gasteiger partial charge in [0.25, 0.3) is 0 Å². The quantitative estimate of drug-likeness (QED) is 0.569. The van der Waals surface area contributed by atoms with Crippen LogP contribution < -0.4 is 5.73 Å². The van der Waals surface area contributed by atoms with Gasteiger partial charge in [0, 0.05) is 10.9 Å². The minimum Gasteiger partial charge on any atom is -0.390 e. The lowest BCUT2D eigenvalue weighted by Crippen LogP contribution is -1.88. The van der Waals surface area contributed by atoms with Crippen LogP contribution >= 0.6 is 11.3 Å². The normalized spacial score (nSPS) is 11.0. The van der Waals surface area contributed by atoms with E-state index < -0.39 is 0 Å². The van der Waals surface area contributed by atoms with Gasteiger partial charge < -0.3 is 10.7 Å². The molecule has 3 nitrogen and oxygen atoms in total. The number of aromatic amines is 1. The summed E-state index contributed by atoms with van der Waals surface area (Å²) in [5.74, 6) is 0.828. The molecule has 102 valence electrons. The molecule has 0 radical (unpaired) electrons.